The van der Waals surface area contributed by atoms with E-state index in [0.29, 0.717) is 36.3 Å². The predicted octanol–water partition coefficient (Wildman–Crippen LogP) is 2.60. The second-order valence-corrected chi connectivity index (χ2v) is 10.1. The van der Waals surface area contributed by atoms with E-state index in [1.54, 1.807) is 0 Å². The highest BCUT2D eigenvalue weighted by Crippen LogP contribution is 2.40. The van der Waals surface area contributed by atoms with E-state index >= 15 is 0 Å². The Bertz CT molecular complexity index is 1080. The molecule has 0 unspecified atom stereocenters. The van der Waals surface area contributed by atoms with E-state index in [1.807, 2.05) is 18.2 Å². The Morgan fingerprint density at radius 3 is 2.50 bits per heavy atom. The summed E-state index contributed by atoms with van der Waals surface area (Å²) in [7, 11) is -3.86. The molecule has 1 amide bonds. The standard InChI is InChI=1S/C22H25ClN2O6S/c1-15(25-32(27,28)18-5-3-17(23)4-6-18)21(26)24-13-22(8-10-29-11-9-22)16-2-7-19-20(12-16)31-14-30-19/h2-7,12,15,25H,8-11,13-14H2,1H3,(H,24,26)/t15-/m0/s1. The van der Waals surface area contributed by atoms with Gasteiger partial charge in [0.1, 0.15) is 0 Å². The van der Waals surface area contributed by atoms with Gasteiger partial charge in [-0.3, -0.25) is 4.79 Å². The summed E-state index contributed by atoms with van der Waals surface area (Å²) < 4.78 is 44.1. The summed E-state index contributed by atoms with van der Waals surface area (Å²) in [5.74, 6) is 0.975. The maximum atomic E-state index is 12.8. The minimum Gasteiger partial charge on any atom is -0.454 e. The molecule has 0 aromatic heterocycles. The number of hydrogen-bond donors (Lipinski definition) is 2. The lowest BCUT2D eigenvalue weighted by atomic mass is 9.74. The van der Waals surface area contributed by atoms with Crippen LogP contribution in [0.4, 0.5) is 0 Å². The topological polar surface area (TPSA) is 103 Å². The van der Waals surface area contributed by atoms with E-state index in [-0.39, 0.29) is 17.1 Å². The molecule has 1 atom stereocenters. The molecule has 2 aliphatic rings. The second kappa shape index (κ2) is 9.27. The highest BCUT2D eigenvalue weighted by Gasteiger charge is 2.36. The quantitative estimate of drug-likeness (QED) is 0.631. The molecule has 0 radical (unpaired) electrons. The Balaban J connectivity index is 1.45. The van der Waals surface area contributed by atoms with Crippen molar-refractivity contribution in [3.8, 4) is 11.5 Å². The van der Waals surface area contributed by atoms with Crippen molar-refractivity contribution in [2.45, 2.75) is 36.1 Å². The third kappa shape index (κ3) is 4.85. The van der Waals surface area contributed by atoms with Crippen LogP contribution in [0, 0.1) is 0 Å². The number of benzene rings is 2. The maximum Gasteiger partial charge on any atom is 0.241 e. The minimum absolute atomic E-state index is 0.0443. The zero-order valence-electron chi connectivity index (χ0n) is 17.6. The second-order valence-electron chi connectivity index (χ2n) is 7.98. The SMILES string of the molecule is C[C@H](NS(=O)(=O)c1ccc(Cl)cc1)C(=O)NCC1(c2ccc3c(c2)OCO3)CCOCC1. The summed E-state index contributed by atoms with van der Waals surface area (Å²) in [6.07, 6.45) is 1.44. The van der Waals surface area contributed by atoms with Gasteiger partial charge < -0.3 is 19.5 Å². The monoisotopic (exact) mass is 480 g/mol. The van der Waals surface area contributed by atoms with Gasteiger partial charge in [0.05, 0.1) is 10.9 Å². The highest BCUT2D eigenvalue weighted by atomic mass is 35.5. The highest BCUT2D eigenvalue weighted by molar-refractivity contribution is 7.89. The first kappa shape index (κ1) is 22.8. The van der Waals surface area contributed by atoms with Gasteiger partial charge in [0.15, 0.2) is 11.5 Å². The molecular weight excluding hydrogens is 456 g/mol. The molecule has 8 nitrogen and oxygen atoms in total. The number of nitrogens with one attached hydrogen (secondary N) is 2. The average Bonchev–Trinajstić information content (AvgIpc) is 3.26. The Kier molecular flexibility index (Phi) is 6.62. The van der Waals surface area contributed by atoms with E-state index in [1.165, 1.54) is 31.2 Å². The largest absolute Gasteiger partial charge is 0.454 e. The molecule has 1 fully saturated rings. The summed E-state index contributed by atoms with van der Waals surface area (Å²) in [5.41, 5.74) is 0.684. The number of halogens is 1. The molecule has 2 aromatic carbocycles. The van der Waals surface area contributed by atoms with Crippen molar-refractivity contribution in [1.29, 1.82) is 0 Å². The Labute approximate surface area is 192 Å². The van der Waals surface area contributed by atoms with Crippen molar-refractivity contribution in [1.82, 2.24) is 10.0 Å². The van der Waals surface area contributed by atoms with E-state index in [2.05, 4.69) is 10.0 Å². The van der Waals surface area contributed by atoms with Gasteiger partial charge in [-0.1, -0.05) is 17.7 Å². The molecule has 10 heteroatoms. The number of hydrogen-bond acceptors (Lipinski definition) is 6. The molecule has 0 spiro atoms. The van der Waals surface area contributed by atoms with Crippen molar-refractivity contribution in [2.75, 3.05) is 26.6 Å². The molecule has 2 heterocycles. The number of amides is 1. The van der Waals surface area contributed by atoms with Gasteiger partial charge in [0, 0.05) is 30.2 Å². The van der Waals surface area contributed by atoms with Crippen LogP contribution in [0.15, 0.2) is 47.4 Å². The Morgan fingerprint density at radius 2 is 1.78 bits per heavy atom. The van der Waals surface area contributed by atoms with Gasteiger partial charge >= 0.3 is 0 Å². The van der Waals surface area contributed by atoms with Crippen LogP contribution in [-0.4, -0.2) is 46.9 Å². The first-order valence-corrected chi connectivity index (χ1v) is 12.2. The number of sulfonamides is 1. The zero-order valence-corrected chi connectivity index (χ0v) is 19.2. The van der Waals surface area contributed by atoms with Crippen LogP contribution in [0.5, 0.6) is 11.5 Å². The fraction of sp³-hybridized carbons (Fsp3) is 0.409. The Morgan fingerprint density at radius 1 is 1.09 bits per heavy atom. The molecule has 0 aliphatic carbocycles. The van der Waals surface area contributed by atoms with Crippen molar-refractivity contribution >= 4 is 27.5 Å². The molecule has 0 bridgehead atoms. The smallest absolute Gasteiger partial charge is 0.241 e. The summed E-state index contributed by atoms with van der Waals surface area (Å²) in [4.78, 5) is 12.8. The van der Waals surface area contributed by atoms with Crippen molar-refractivity contribution in [2.24, 2.45) is 0 Å². The fourth-order valence-electron chi connectivity index (χ4n) is 3.93. The van der Waals surface area contributed by atoms with E-state index < -0.39 is 22.0 Å². The molecule has 0 saturated carbocycles. The van der Waals surface area contributed by atoms with Crippen LogP contribution >= 0.6 is 11.6 Å². The first-order chi connectivity index (χ1) is 15.3. The van der Waals surface area contributed by atoms with Gasteiger partial charge in [0.25, 0.3) is 0 Å². The van der Waals surface area contributed by atoms with Crippen molar-refractivity contribution in [3.63, 3.8) is 0 Å². The van der Waals surface area contributed by atoms with E-state index in [9.17, 15) is 13.2 Å². The van der Waals surface area contributed by atoms with Crippen LogP contribution in [0.25, 0.3) is 0 Å². The minimum atomic E-state index is -3.86. The predicted molar refractivity (Wildman–Crippen MR) is 119 cm³/mol. The molecule has 1 saturated heterocycles. The molecule has 2 aliphatic heterocycles. The van der Waals surface area contributed by atoms with Crippen LogP contribution < -0.4 is 19.5 Å². The average molecular weight is 481 g/mol. The summed E-state index contributed by atoms with van der Waals surface area (Å²) >= 11 is 5.82. The fourth-order valence-corrected chi connectivity index (χ4v) is 5.26. The van der Waals surface area contributed by atoms with Crippen molar-refractivity contribution < 1.29 is 27.4 Å². The van der Waals surface area contributed by atoms with Crippen LogP contribution in [0.3, 0.4) is 0 Å². The zero-order chi connectivity index (χ0) is 22.8. The molecular formula is C22H25ClN2O6S. The number of fused-ring (bicyclic) bond motifs is 1. The number of rotatable bonds is 7. The molecule has 2 aromatic rings. The third-order valence-electron chi connectivity index (χ3n) is 5.89. The number of ether oxygens (including phenoxy) is 3. The molecule has 172 valence electrons. The Hall–Kier alpha value is -2.33. The van der Waals surface area contributed by atoms with Gasteiger partial charge in [-0.15, -0.1) is 0 Å². The molecule has 32 heavy (non-hydrogen) atoms. The maximum absolute atomic E-state index is 12.8. The van der Waals surface area contributed by atoms with Gasteiger partial charge in [-0.2, -0.15) is 4.72 Å². The summed E-state index contributed by atoms with van der Waals surface area (Å²) in [6.45, 7) is 3.20. The first-order valence-electron chi connectivity index (χ1n) is 10.3. The van der Waals surface area contributed by atoms with E-state index in [4.69, 9.17) is 25.8 Å². The lowest BCUT2D eigenvalue weighted by molar-refractivity contribution is -0.122. The van der Waals surface area contributed by atoms with E-state index in [0.717, 1.165) is 18.4 Å². The number of carbonyl (C=O) groups is 1. The summed E-state index contributed by atoms with van der Waals surface area (Å²) in [5, 5.41) is 3.36. The van der Waals surface area contributed by atoms with Crippen LogP contribution in [-0.2, 0) is 25.0 Å². The third-order valence-corrected chi connectivity index (χ3v) is 7.69. The molecule has 4 rings (SSSR count). The van der Waals surface area contributed by atoms with Gasteiger partial charge in [-0.25, -0.2) is 8.42 Å². The number of carbonyl (C=O) groups excluding carboxylic acids is 1. The van der Waals surface area contributed by atoms with Crippen LogP contribution in [0.2, 0.25) is 5.02 Å². The van der Waals surface area contributed by atoms with Gasteiger partial charge in [0.2, 0.25) is 22.7 Å². The lowest BCUT2D eigenvalue weighted by Gasteiger charge is -2.38. The van der Waals surface area contributed by atoms with Crippen LogP contribution in [0.1, 0.15) is 25.3 Å². The molecule has 2 N–H and O–H groups in total. The van der Waals surface area contributed by atoms with Gasteiger partial charge in [-0.05, 0) is 61.7 Å². The summed E-state index contributed by atoms with van der Waals surface area (Å²) in [6, 6.07) is 10.6. The normalized spacial score (nSPS) is 18.2. The van der Waals surface area contributed by atoms with Crippen molar-refractivity contribution in [3.05, 3.63) is 53.1 Å². The lowest BCUT2D eigenvalue weighted by Crippen LogP contribution is -2.50.